The Kier molecular flexibility index (Phi) is 9.81. The molecule has 0 fully saturated rings. The molecule has 0 saturated carbocycles. The minimum atomic E-state index is 0.747. The first kappa shape index (κ1) is 15.0. The monoisotopic (exact) mass is 226 g/mol. The zero-order valence-electron chi connectivity index (χ0n) is 10.9. The first-order valence-electron chi connectivity index (χ1n) is 6.13. The maximum Gasteiger partial charge on any atom is 0.191 e. The Balaban J connectivity index is 3.95. The van der Waals surface area contributed by atoms with Crippen molar-refractivity contribution in [2.45, 2.75) is 20.8 Å². The predicted molar refractivity (Wildman–Crippen MR) is 72.0 cm³/mol. The molecule has 94 valence electrons. The minimum Gasteiger partial charge on any atom is -0.357 e. The third kappa shape index (κ3) is 7.29. The SMILES string of the molecule is C=CCNC(=NCCN(CC)CC)NCC. The number of nitrogens with one attached hydrogen (secondary N) is 2. The second-order valence-corrected chi connectivity index (χ2v) is 3.46. The van der Waals surface area contributed by atoms with Crippen molar-refractivity contribution in [3.8, 4) is 0 Å². The lowest BCUT2D eigenvalue weighted by Crippen LogP contribution is -2.38. The average molecular weight is 226 g/mol. The van der Waals surface area contributed by atoms with Gasteiger partial charge in [0.25, 0.3) is 0 Å². The number of hydrogen-bond donors (Lipinski definition) is 2. The molecule has 0 rings (SSSR count). The zero-order valence-corrected chi connectivity index (χ0v) is 10.9. The molecule has 0 aromatic carbocycles. The first-order chi connectivity index (χ1) is 7.78. The smallest absolute Gasteiger partial charge is 0.191 e. The van der Waals surface area contributed by atoms with E-state index in [1.165, 1.54) is 0 Å². The van der Waals surface area contributed by atoms with Crippen LogP contribution in [0.1, 0.15) is 20.8 Å². The summed E-state index contributed by atoms with van der Waals surface area (Å²) in [6, 6.07) is 0. The number of likely N-dealkylation sites (N-methyl/N-ethyl adjacent to an activating group) is 1. The highest BCUT2D eigenvalue weighted by molar-refractivity contribution is 5.79. The van der Waals surface area contributed by atoms with Crippen molar-refractivity contribution in [2.75, 3.05) is 39.3 Å². The van der Waals surface area contributed by atoms with E-state index in [4.69, 9.17) is 0 Å². The van der Waals surface area contributed by atoms with Crippen LogP contribution in [-0.2, 0) is 0 Å². The number of nitrogens with zero attached hydrogens (tertiary/aromatic N) is 2. The van der Waals surface area contributed by atoms with E-state index < -0.39 is 0 Å². The van der Waals surface area contributed by atoms with Gasteiger partial charge in [0.2, 0.25) is 0 Å². The fourth-order valence-corrected chi connectivity index (χ4v) is 1.35. The quantitative estimate of drug-likeness (QED) is 0.369. The molecule has 2 N–H and O–H groups in total. The summed E-state index contributed by atoms with van der Waals surface area (Å²) in [5.41, 5.74) is 0. The molecule has 0 spiro atoms. The van der Waals surface area contributed by atoms with Crippen LogP contribution in [0.15, 0.2) is 17.6 Å². The molecule has 0 aromatic rings. The van der Waals surface area contributed by atoms with Gasteiger partial charge in [0.1, 0.15) is 0 Å². The lowest BCUT2D eigenvalue weighted by atomic mass is 10.5. The molecule has 0 aliphatic heterocycles. The summed E-state index contributed by atoms with van der Waals surface area (Å²) in [5.74, 6) is 0.870. The molecule has 0 amide bonds. The van der Waals surface area contributed by atoms with E-state index in [1.54, 1.807) is 0 Å². The molecule has 0 saturated heterocycles. The van der Waals surface area contributed by atoms with Crippen LogP contribution >= 0.6 is 0 Å². The van der Waals surface area contributed by atoms with Gasteiger partial charge in [-0.2, -0.15) is 0 Å². The second-order valence-electron chi connectivity index (χ2n) is 3.46. The Morgan fingerprint density at radius 1 is 1.25 bits per heavy atom. The van der Waals surface area contributed by atoms with Crippen LogP contribution in [0.4, 0.5) is 0 Å². The van der Waals surface area contributed by atoms with Crippen LogP contribution in [0.5, 0.6) is 0 Å². The standard InChI is InChI=1S/C12H26N4/c1-5-9-14-12(13-6-2)15-10-11-16(7-3)8-4/h5H,1,6-11H2,2-4H3,(H2,13,14,15). The van der Waals surface area contributed by atoms with Gasteiger partial charge >= 0.3 is 0 Å². The third-order valence-corrected chi connectivity index (χ3v) is 2.34. The van der Waals surface area contributed by atoms with Gasteiger partial charge in [-0.3, -0.25) is 4.99 Å². The van der Waals surface area contributed by atoms with Gasteiger partial charge in [-0.1, -0.05) is 19.9 Å². The summed E-state index contributed by atoms with van der Waals surface area (Å²) >= 11 is 0. The minimum absolute atomic E-state index is 0.747. The number of guanidine groups is 1. The fraction of sp³-hybridized carbons (Fsp3) is 0.750. The highest BCUT2D eigenvalue weighted by atomic mass is 15.2. The molecule has 0 bridgehead atoms. The van der Waals surface area contributed by atoms with Gasteiger partial charge < -0.3 is 15.5 Å². The summed E-state index contributed by atoms with van der Waals surface area (Å²) in [5, 5.41) is 6.38. The van der Waals surface area contributed by atoms with Gasteiger partial charge in [0.15, 0.2) is 5.96 Å². The second kappa shape index (κ2) is 10.5. The van der Waals surface area contributed by atoms with Gasteiger partial charge in [0.05, 0.1) is 6.54 Å². The van der Waals surface area contributed by atoms with Crippen molar-refractivity contribution in [3.05, 3.63) is 12.7 Å². The van der Waals surface area contributed by atoms with Gasteiger partial charge in [-0.05, 0) is 20.0 Å². The molecule has 0 unspecified atom stereocenters. The van der Waals surface area contributed by atoms with E-state index in [9.17, 15) is 0 Å². The van der Waals surface area contributed by atoms with Crippen molar-refractivity contribution in [3.63, 3.8) is 0 Å². The summed E-state index contributed by atoms with van der Waals surface area (Å²) < 4.78 is 0. The molecule has 0 aromatic heterocycles. The van der Waals surface area contributed by atoms with Crippen LogP contribution in [0.3, 0.4) is 0 Å². The molecule has 4 nitrogen and oxygen atoms in total. The molecular formula is C12H26N4. The van der Waals surface area contributed by atoms with Crippen LogP contribution < -0.4 is 10.6 Å². The van der Waals surface area contributed by atoms with Crippen LogP contribution in [-0.4, -0.2) is 50.1 Å². The normalized spacial score (nSPS) is 11.6. The van der Waals surface area contributed by atoms with E-state index >= 15 is 0 Å². The molecule has 0 heterocycles. The molecular weight excluding hydrogens is 200 g/mol. The third-order valence-electron chi connectivity index (χ3n) is 2.34. The fourth-order valence-electron chi connectivity index (χ4n) is 1.35. The van der Waals surface area contributed by atoms with Gasteiger partial charge in [0, 0.05) is 19.6 Å². The van der Waals surface area contributed by atoms with Crippen LogP contribution in [0.2, 0.25) is 0 Å². The Morgan fingerprint density at radius 3 is 2.44 bits per heavy atom. The first-order valence-corrected chi connectivity index (χ1v) is 6.13. The maximum atomic E-state index is 4.49. The van der Waals surface area contributed by atoms with Crippen molar-refractivity contribution in [1.82, 2.24) is 15.5 Å². The topological polar surface area (TPSA) is 39.7 Å². The highest BCUT2D eigenvalue weighted by Gasteiger charge is 1.98. The largest absolute Gasteiger partial charge is 0.357 e. The molecule has 0 atom stereocenters. The molecule has 0 aliphatic carbocycles. The zero-order chi connectivity index (χ0) is 12.2. The van der Waals surface area contributed by atoms with Crippen molar-refractivity contribution in [1.29, 1.82) is 0 Å². The molecule has 4 heteroatoms. The summed E-state index contributed by atoms with van der Waals surface area (Å²) in [4.78, 5) is 6.85. The number of hydrogen-bond acceptors (Lipinski definition) is 2. The van der Waals surface area contributed by atoms with E-state index in [1.807, 2.05) is 6.08 Å². The Labute approximate surface area is 99.8 Å². The maximum absolute atomic E-state index is 4.49. The van der Waals surface area contributed by atoms with Crippen LogP contribution in [0, 0.1) is 0 Å². The lowest BCUT2D eigenvalue weighted by molar-refractivity contribution is 0.313. The Bertz CT molecular complexity index is 197. The van der Waals surface area contributed by atoms with Crippen LogP contribution in [0.25, 0.3) is 0 Å². The summed E-state index contributed by atoms with van der Waals surface area (Å²) in [6.45, 7) is 15.7. The van der Waals surface area contributed by atoms with E-state index in [0.717, 1.165) is 45.2 Å². The van der Waals surface area contributed by atoms with Crippen molar-refractivity contribution in [2.24, 2.45) is 4.99 Å². The number of aliphatic imine (C=N–C) groups is 1. The van der Waals surface area contributed by atoms with Crippen molar-refractivity contribution >= 4 is 5.96 Å². The lowest BCUT2D eigenvalue weighted by Gasteiger charge is -2.17. The Morgan fingerprint density at radius 2 is 1.94 bits per heavy atom. The Hall–Kier alpha value is -1.03. The summed E-state index contributed by atoms with van der Waals surface area (Å²) in [7, 11) is 0. The predicted octanol–water partition coefficient (Wildman–Crippen LogP) is 1.07. The highest BCUT2D eigenvalue weighted by Crippen LogP contribution is 1.86. The average Bonchev–Trinajstić information content (AvgIpc) is 2.31. The molecule has 16 heavy (non-hydrogen) atoms. The van der Waals surface area contributed by atoms with Gasteiger partial charge in [-0.15, -0.1) is 6.58 Å². The van der Waals surface area contributed by atoms with Gasteiger partial charge in [-0.25, -0.2) is 0 Å². The van der Waals surface area contributed by atoms with Crippen molar-refractivity contribution < 1.29 is 0 Å². The summed E-state index contributed by atoms with van der Waals surface area (Å²) in [6.07, 6.45) is 1.83. The molecule has 0 radical (unpaired) electrons. The van der Waals surface area contributed by atoms with E-state index in [0.29, 0.717) is 0 Å². The van der Waals surface area contributed by atoms with E-state index in [2.05, 4.69) is 47.9 Å². The number of rotatable bonds is 8. The van der Waals surface area contributed by atoms with E-state index in [-0.39, 0.29) is 0 Å². The molecule has 0 aliphatic rings.